The van der Waals surface area contributed by atoms with Crippen LogP contribution in [-0.2, 0) is 6.54 Å². The average Bonchev–Trinajstić information content (AvgIpc) is 2.41. The number of halogens is 2. The summed E-state index contributed by atoms with van der Waals surface area (Å²) < 4.78 is 26.1. The van der Waals surface area contributed by atoms with Crippen LogP contribution in [0, 0.1) is 11.6 Å². The second kappa shape index (κ2) is 5.82. The first-order valence-electron chi connectivity index (χ1n) is 6.23. The molecule has 0 aliphatic rings. The zero-order valence-corrected chi connectivity index (χ0v) is 11.4. The van der Waals surface area contributed by atoms with Crippen LogP contribution in [0.15, 0.2) is 42.5 Å². The first kappa shape index (κ1) is 14.2. The highest BCUT2D eigenvalue weighted by atomic mass is 19.1. The van der Waals surface area contributed by atoms with Crippen LogP contribution in [0.3, 0.4) is 0 Å². The number of hydrogen-bond acceptors (Lipinski definition) is 2. The largest absolute Gasteiger partial charge is 0.370 e. The van der Waals surface area contributed by atoms with Crippen molar-refractivity contribution in [3.63, 3.8) is 0 Å². The molecule has 0 fully saturated rings. The molecule has 0 aliphatic heterocycles. The first-order valence-corrected chi connectivity index (χ1v) is 6.23. The standard InChI is InChI=1S/C16H15F2NO/c1-11(20)15-9-14(18)7-8-16(15)19(2)10-12-3-5-13(17)6-4-12/h3-9H,10H2,1-2H3. The van der Waals surface area contributed by atoms with Gasteiger partial charge in [-0.2, -0.15) is 0 Å². The van der Waals surface area contributed by atoms with E-state index >= 15 is 0 Å². The fourth-order valence-electron chi connectivity index (χ4n) is 2.07. The SMILES string of the molecule is CC(=O)c1cc(F)ccc1N(C)Cc1ccc(F)cc1. The van der Waals surface area contributed by atoms with Gasteiger partial charge in [0, 0.05) is 24.8 Å². The Morgan fingerprint density at radius 1 is 1.05 bits per heavy atom. The molecular formula is C16H15F2NO. The third kappa shape index (κ3) is 3.20. The van der Waals surface area contributed by atoms with Crippen molar-refractivity contribution in [1.82, 2.24) is 0 Å². The molecule has 4 heteroatoms. The van der Waals surface area contributed by atoms with Crippen molar-refractivity contribution >= 4 is 11.5 Å². The molecule has 2 aromatic rings. The Balaban J connectivity index is 2.27. The number of Topliss-reactive ketones (excluding diaryl/α,β-unsaturated/α-hetero) is 1. The van der Waals surface area contributed by atoms with E-state index in [1.54, 1.807) is 18.2 Å². The number of hydrogen-bond donors (Lipinski definition) is 0. The second-order valence-corrected chi connectivity index (χ2v) is 4.70. The summed E-state index contributed by atoms with van der Waals surface area (Å²) in [4.78, 5) is 13.4. The number of carbonyl (C=O) groups excluding carboxylic acids is 1. The molecule has 2 rings (SSSR count). The number of anilines is 1. The van der Waals surface area contributed by atoms with Gasteiger partial charge in [-0.05, 0) is 42.8 Å². The van der Waals surface area contributed by atoms with E-state index in [-0.39, 0.29) is 11.6 Å². The topological polar surface area (TPSA) is 20.3 Å². The Morgan fingerprint density at radius 3 is 2.25 bits per heavy atom. The first-order chi connectivity index (χ1) is 9.47. The van der Waals surface area contributed by atoms with Gasteiger partial charge in [0.2, 0.25) is 0 Å². The van der Waals surface area contributed by atoms with Gasteiger partial charge >= 0.3 is 0 Å². The number of ketones is 1. The number of benzene rings is 2. The monoisotopic (exact) mass is 275 g/mol. The number of nitrogens with zero attached hydrogens (tertiary/aromatic N) is 1. The fourth-order valence-corrected chi connectivity index (χ4v) is 2.07. The molecule has 0 unspecified atom stereocenters. The zero-order valence-electron chi connectivity index (χ0n) is 11.4. The summed E-state index contributed by atoms with van der Waals surface area (Å²) in [6, 6.07) is 10.3. The smallest absolute Gasteiger partial charge is 0.161 e. The van der Waals surface area contributed by atoms with Crippen LogP contribution in [-0.4, -0.2) is 12.8 Å². The molecule has 0 aliphatic carbocycles. The van der Waals surface area contributed by atoms with E-state index in [2.05, 4.69) is 0 Å². The summed E-state index contributed by atoms with van der Waals surface area (Å²) in [6.45, 7) is 1.91. The van der Waals surface area contributed by atoms with Gasteiger partial charge in [0.05, 0.1) is 0 Å². The van der Waals surface area contributed by atoms with Gasteiger partial charge in [0.25, 0.3) is 0 Å². The van der Waals surface area contributed by atoms with Gasteiger partial charge < -0.3 is 4.90 Å². The molecule has 0 saturated carbocycles. The van der Waals surface area contributed by atoms with Crippen molar-refractivity contribution in [2.75, 3.05) is 11.9 Å². The Kier molecular flexibility index (Phi) is 4.13. The highest BCUT2D eigenvalue weighted by Gasteiger charge is 2.12. The normalized spacial score (nSPS) is 10.4. The molecule has 0 spiro atoms. The highest BCUT2D eigenvalue weighted by Crippen LogP contribution is 2.23. The van der Waals surface area contributed by atoms with Crippen LogP contribution in [0.4, 0.5) is 14.5 Å². The Morgan fingerprint density at radius 2 is 1.65 bits per heavy atom. The minimum Gasteiger partial charge on any atom is -0.370 e. The van der Waals surface area contributed by atoms with Crippen LogP contribution >= 0.6 is 0 Å². The molecule has 0 N–H and O–H groups in total. The van der Waals surface area contributed by atoms with Crippen molar-refractivity contribution in [2.24, 2.45) is 0 Å². The van der Waals surface area contributed by atoms with Gasteiger partial charge in [-0.1, -0.05) is 12.1 Å². The molecule has 0 atom stereocenters. The van der Waals surface area contributed by atoms with Crippen molar-refractivity contribution in [3.05, 3.63) is 65.2 Å². The maximum Gasteiger partial charge on any atom is 0.161 e. The Hall–Kier alpha value is -2.23. The van der Waals surface area contributed by atoms with Crippen molar-refractivity contribution in [1.29, 1.82) is 0 Å². The lowest BCUT2D eigenvalue weighted by molar-refractivity contribution is 0.101. The van der Waals surface area contributed by atoms with Crippen LogP contribution in [0.25, 0.3) is 0 Å². The van der Waals surface area contributed by atoms with Crippen molar-refractivity contribution in [2.45, 2.75) is 13.5 Å². The minimum absolute atomic E-state index is 0.189. The van der Waals surface area contributed by atoms with E-state index in [0.29, 0.717) is 17.8 Å². The number of carbonyl (C=O) groups is 1. The quantitative estimate of drug-likeness (QED) is 0.791. The molecule has 0 bridgehead atoms. The van der Waals surface area contributed by atoms with E-state index in [0.717, 1.165) is 5.56 Å². The molecule has 0 aromatic heterocycles. The summed E-state index contributed by atoms with van der Waals surface area (Å²) in [6.07, 6.45) is 0. The lowest BCUT2D eigenvalue weighted by Gasteiger charge is -2.22. The summed E-state index contributed by atoms with van der Waals surface area (Å²) in [7, 11) is 1.81. The summed E-state index contributed by atoms with van der Waals surface area (Å²) in [5, 5.41) is 0. The number of rotatable bonds is 4. The third-order valence-corrected chi connectivity index (χ3v) is 3.08. The van der Waals surface area contributed by atoms with Gasteiger partial charge in [-0.25, -0.2) is 8.78 Å². The molecule has 0 amide bonds. The van der Waals surface area contributed by atoms with Crippen molar-refractivity contribution in [3.8, 4) is 0 Å². The lowest BCUT2D eigenvalue weighted by Crippen LogP contribution is -2.19. The summed E-state index contributed by atoms with van der Waals surface area (Å²) >= 11 is 0. The van der Waals surface area contributed by atoms with Crippen LogP contribution < -0.4 is 4.90 Å². The average molecular weight is 275 g/mol. The predicted octanol–water partition coefficient (Wildman–Crippen LogP) is 3.80. The maximum absolute atomic E-state index is 13.2. The molecule has 20 heavy (non-hydrogen) atoms. The van der Waals surface area contributed by atoms with E-state index in [9.17, 15) is 13.6 Å². The zero-order chi connectivity index (χ0) is 14.7. The summed E-state index contributed by atoms with van der Waals surface area (Å²) in [5.41, 5.74) is 1.91. The fraction of sp³-hybridized carbons (Fsp3) is 0.188. The maximum atomic E-state index is 13.2. The van der Waals surface area contributed by atoms with Crippen molar-refractivity contribution < 1.29 is 13.6 Å². The Bertz CT molecular complexity index is 623. The van der Waals surface area contributed by atoms with E-state index in [1.807, 2.05) is 11.9 Å². The highest BCUT2D eigenvalue weighted by molar-refractivity contribution is 5.99. The van der Waals surface area contributed by atoms with E-state index in [1.165, 1.54) is 31.2 Å². The van der Waals surface area contributed by atoms with Gasteiger partial charge in [0.15, 0.2) is 5.78 Å². The van der Waals surface area contributed by atoms with Gasteiger partial charge in [-0.15, -0.1) is 0 Å². The van der Waals surface area contributed by atoms with Gasteiger partial charge in [0.1, 0.15) is 11.6 Å². The van der Waals surface area contributed by atoms with E-state index < -0.39 is 5.82 Å². The predicted molar refractivity (Wildman–Crippen MR) is 74.9 cm³/mol. The third-order valence-electron chi connectivity index (χ3n) is 3.08. The lowest BCUT2D eigenvalue weighted by atomic mass is 10.1. The molecule has 2 aromatic carbocycles. The Labute approximate surface area is 116 Å². The second-order valence-electron chi connectivity index (χ2n) is 4.70. The van der Waals surface area contributed by atoms with Gasteiger partial charge in [-0.3, -0.25) is 4.79 Å². The van der Waals surface area contributed by atoms with Crippen LogP contribution in [0.1, 0.15) is 22.8 Å². The summed E-state index contributed by atoms with van der Waals surface area (Å²) in [5.74, 6) is -0.915. The molecule has 104 valence electrons. The molecule has 2 nitrogen and oxygen atoms in total. The molecule has 0 radical (unpaired) electrons. The van der Waals surface area contributed by atoms with E-state index in [4.69, 9.17) is 0 Å². The minimum atomic E-state index is -0.436. The van der Waals surface area contributed by atoms with Crippen LogP contribution in [0.2, 0.25) is 0 Å². The van der Waals surface area contributed by atoms with Crippen LogP contribution in [0.5, 0.6) is 0 Å². The molecule has 0 heterocycles. The molecular weight excluding hydrogens is 260 g/mol. The molecule has 0 saturated heterocycles.